The molecule has 0 atom stereocenters. The van der Waals surface area contributed by atoms with Crippen molar-refractivity contribution in [3.63, 3.8) is 0 Å². The van der Waals surface area contributed by atoms with Crippen molar-refractivity contribution in [3.8, 4) is 0 Å². The number of hydrogen-bond donors (Lipinski definition) is 1. The largest absolute Gasteiger partial charge is 0.392 e. The smallest absolute Gasteiger partial charge is 0.149 e. The highest BCUT2D eigenvalue weighted by Crippen LogP contribution is 2.10. The van der Waals surface area contributed by atoms with Crippen LogP contribution in [0.4, 0.5) is 0 Å². The molecule has 0 amide bonds. The molecule has 0 aliphatic heterocycles. The Morgan fingerprint density at radius 3 is 1.70 bits per heavy atom. The lowest BCUT2D eigenvalue weighted by Crippen LogP contribution is -1.98. The van der Waals surface area contributed by atoms with Crippen molar-refractivity contribution in [1.29, 1.82) is 0 Å². The van der Waals surface area contributed by atoms with Crippen molar-refractivity contribution >= 4 is 0 Å². The zero-order valence-corrected chi connectivity index (χ0v) is 15.9. The number of aliphatic hydroxyl groups excluding tert-OH is 1. The maximum absolute atomic E-state index is 8.72. The second kappa shape index (κ2) is 19.1. The molecule has 0 saturated heterocycles. The lowest BCUT2D eigenvalue weighted by Gasteiger charge is -2.00. The van der Waals surface area contributed by atoms with E-state index in [0.29, 0.717) is 13.6 Å². The first kappa shape index (κ1) is 24.3. The van der Waals surface area contributed by atoms with Gasteiger partial charge in [0.05, 0.1) is 6.61 Å². The van der Waals surface area contributed by atoms with E-state index in [1.165, 1.54) is 16.7 Å². The van der Waals surface area contributed by atoms with E-state index in [0.717, 1.165) is 25.7 Å². The van der Waals surface area contributed by atoms with Crippen LogP contribution in [0.2, 0.25) is 0 Å². The van der Waals surface area contributed by atoms with Gasteiger partial charge in [-0.3, -0.25) is 0 Å². The predicted octanol–water partition coefficient (Wildman–Crippen LogP) is 4.61. The van der Waals surface area contributed by atoms with Crippen molar-refractivity contribution in [1.82, 2.24) is 0 Å². The highest BCUT2D eigenvalue weighted by Gasteiger charge is 1.91. The Bertz CT molecular complexity index is 335. The second-order valence-electron chi connectivity index (χ2n) is 5.66. The van der Waals surface area contributed by atoms with E-state index in [9.17, 15) is 0 Å². The van der Waals surface area contributed by atoms with Crippen LogP contribution in [0.1, 0.15) is 53.4 Å². The fourth-order valence-corrected chi connectivity index (χ4v) is 1.70. The number of methoxy groups -OCH3 is 2. The molecule has 1 N–H and O–H groups in total. The van der Waals surface area contributed by atoms with Gasteiger partial charge in [-0.25, -0.2) is 0 Å². The molecule has 0 radical (unpaired) electrons. The van der Waals surface area contributed by atoms with Crippen LogP contribution in [-0.2, 0) is 14.2 Å². The molecule has 0 aliphatic rings. The maximum atomic E-state index is 8.72. The fourth-order valence-electron chi connectivity index (χ4n) is 1.70. The number of rotatable bonds is 11. The SMILES string of the molecule is CC(C)=CCCC(C)=CCCC(C)=CCO.COCOCOC. The second-order valence-corrected chi connectivity index (χ2v) is 5.66. The number of ether oxygens (including phenoxy) is 3. The minimum atomic E-state index is 0.162. The van der Waals surface area contributed by atoms with Crippen LogP contribution in [0, 0.1) is 0 Å². The molecule has 0 aromatic carbocycles. The molecule has 0 heterocycles. The van der Waals surface area contributed by atoms with Crippen LogP contribution in [0.15, 0.2) is 34.9 Å². The van der Waals surface area contributed by atoms with Gasteiger partial charge in [0.2, 0.25) is 0 Å². The van der Waals surface area contributed by atoms with E-state index in [1.54, 1.807) is 14.2 Å². The molecular formula is C19H36O4. The summed E-state index contributed by atoms with van der Waals surface area (Å²) in [5.41, 5.74) is 4.14. The van der Waals surface area contributed by atoms with Crippen LogP contribution in [0.3, 0.4) is 0 Å². The monoisotopic (exact) mass is 328 g/mol. The number of hydrogen-bond acceptors (Lipinski definition) is 4. The molecule has 0 fully saturated rings. The molecule has 0 bridgehead atoms. The number of aliphatic hydroxyl groups is 1. The average Bonchev–Trinajstić information content (AvgIpc) is 2.48. The summed E-state index contributed by atoms with van der Waals surface area (Å²) in [6.07, 6.45) is 10.9. The first-order valence-corrected chi connectivity index (χ1v) is 8.09. The highest BCUT2D eigenvalue weighted by atomic mass is 16.7. The van der Waals surface area contributed by atoms with Gasteiger partial charge in [-0.2, -0.15) is 0 Å². The lowest BCUT2D eigenvalue weighted by molar-refractivity contribution is -0.107. The Morgan fingerprint density at radius 2 is 1.26 bits per heavy atom. The summed E-state index contributed by atoms with van der Waals surface area (Å²) < 4.78 is 13.8. The van der Waals surface area contributed by atoms with E-state index >= 15 is 0 Å². The fraction of sp³-hybridized carbons (Fsp3) is 0.684. The lowest BCUT2D eigenvalue weighted by atomic mass is 10.1. The third-order valence-corrected chi connectivity index (χ3v) is 2.96. The molecule has 23 heavy (non-hydrogen) atoms. The molecule has 4 heteroatoms. The summed E-state index contributed by atoms with van der Waals surface area (Å²) in [5, 5.41) is 8.72. The zero-order valence-electron chi connectivity index (χ0n) is 15.9. The van der Waals surface area contributed by atoms with Gasteiger partial charge in [0, 0.05) is 14.2 Å². The molecule has 0 unspecified atom stereocenters. The summed E-state index contributed by atoms with van der Waals surface area (Å²) in [4.78, 5) is 0. The predicted molar refractivity (Wildman–Crippen MR) is 97.3 cm³/mol. The Balaban J connectivity index is 0. The topological polar surface area (TPSA) is 47.9 Å². The van der Waals surface area contributed by atoms with Crippen LogP contribution in [-0.4, -0.2) is 39.5 Å². The molecule has 0 aromatic rings. The van der Waals surface area contributed by atoms with E-state index < -0.39 is 0 Å². The minimum Gasteiger partial charge on any atom is -0.392 e. The van der Waals surface area contributed by atoms with E-state index in [4.69, 9.17) is 5.11 Å². The first-order chi connectivity index (χ1) is 11.0. The highest BCUT2D eigenvalue weighted by molar-refractivity contribution is 5.05. The summed E-state index contributed by atoms with van der Waals surface area (Å²) in [6.45, 7) is 9.31. The normalized spacial score (nSPS) is 11.8. The van der Waals surface area contributed by atoms with Gasteiger partial charge in [-0.15, -0.1) is 0 Å². The molecule has 0 spiro atoms. The molecule has 136 valence electrons. The summed E-state index contributed by atoms with van der Waals surface area (Å²) in [5.74, 6) is 0. The van der Waals surface area contributed by atoms with E-state index in [2.05, 4.69) is 54.1 Å². The van der Waals surface area contributed by atoms with E-state index in [1.807, 2.05) is 6.08 Å². The molecular weight excluding hydrogens is 292 g/mol. The summed E-state index contributed by atoms with van der Waals surface area (Å²) in [7, 11) is 3.13. The molecule has 0 saturated carbocycles. The zero-order chi connectivity index (χ0) is 17.9. The Labute approximate surface area is 142 Å². The van der Waals surface area contributed by atoms with Gasteiger partial charge >= 0.3 is 0 Å². The van der Waals surface area contributed by atoms with Crippen molar-refractivity contribution in [2.24, 2.45) is 0 Å². The van der Waals surface area contributed by atoms with Gasteiger partial charge < -0.3 is 19.3 Å². The van der Waals surface area contributed by atoms with Gasteiger partial charge in [0.15, 0.2) is 0 Å². The van der Waals surface area contributed by atoms with Crippen LogP contribution in [0.5, 0.6) is 0 Å². The average molecular weight is 328 g/mol. The van der Waals surface area contributed by atoms with Crippen molar-refractivity contribution in [2.45, 2.75) is 53.4 Å². The quantitative estimate of drug-likeness (QED) is 0.342. The molecule has 0 rings (SSSR count). The third kappa shape index (κ3) is 23.5. The maximum Gasteiger partial charge on any atom is 0.149 e. The van der Waals surface area contributed by atoms with Gasteiger partial charge in [-0.05, 0) is 53.4 Å². The van der Waals surface area contributed by atoms with Crippen molar-refractivity contribution in [3.05, 3.63) is 34.9 Å². The van der Waals surface area contributed by atoms with E-state index in [-0.39, 0.29) is 6.61 Å². The van der Waals surface area contributed by atoms with Crippen LogP contribution >= 0.6 is 0 Å². The van der Waals surface area contributed by atoms with Crippen molar-refractivity contribution in [2.75, 3.05) is 34.4 Å². The molecule has 4 nitrogen and oxygen atoms in total. The summed E-state index contributed by atoms with van der Waals surface area (Å²) >= 11 is 0. The first-order valence-electron chi connectivity index (χ1n) is 8.09. The Morgan fingerprint density at radius 1 is 0.783 bits per heavy atom. The Kier molecular flexibility index (Phi) is 20.2. The summed E-state index contributed by atoms with van der Waals surface area (Å²) in [6, 6.07) is 0. The Hall–Kier alpha value is -0.940. The standard InChI is InChI=1S/C15H26O.C4H10O3/c1-13(2)7-5-8-14(3)9-6-10-15(4)11-12-16;1-5-3-7-4-6-2/h7,9,11,16H,5-6,8,10,12H2,1-4H3;3-4H2,1-2H3. The van der Waals surface area contributed by atoms with Gasteiger partial charge in [0.25, 0.3) is 0 Å². The third-order valence-electron chi connectivity index (χ3n) is 2.96. The van der Waals surface area contributed by atoms with Crippen LogP contribution < -0.4 is 0 Å². The van der Waals surface area contributed by atoms with Crippen molar-refractivity contribution < 1.29 is 19.3 Å². The van der Waals surface area contributed by atoms with Gasteiger partial charge in [0.1, 0.15) is 13.6 Å². The van der Waals surface area contributed by atoms with Crippen LogP contribution in [0.25, 0.3) is 0 Å². The molecule has 0 aromatic heterocycles. The number of allylic oxidation sites excluding steroid dienone is 5. The van der Waals surface area contributed by atoms with Gasteiger partial charge in [-0.1, -0.05) is 34.9 Å². The molecule has 0 aliphatic carbocycles. The minimum absolute atomic E-state index is 0.162.